The molecule has 2 aliphatic rings. The molecule has 1 aromatic carbocycles. The van der Waals surface area contributed by atoms with Gasteiger partial charge >= 0.3 is 0 Å². The van der Waals surface area contributed by atoms with Crippen molar-refractivity contribution in [3.63, 3.8) is 0 Å². The maximum atomic E-state index is 13.1. The average Bonchev–Trinajstić information content (AvgIpc) is 2.72. The summed E-state index contributed by atoms with van der Waals surface area (Å²) in [6, 6.07) is 9.19. The lowest BCUT2D eigenvalue weighted by atomic mass is 9.74. The average molecular weight is 366 g/mol. The van der Waals surface area contributed by atoms with E-state index in [0.29, 0.717) is 11.8 Å². The van der Waals surface area contributed by atoms with E-state index < -0.39 is 0 Å². The van der Waals surface area contributed by atoms with E-state index in [0.717, 1.165) is 11.8 Å². The fourth-order valence-electron chi connectivity index (χ4n) is 4.98. The van der Waals surface area contributed by atoms with Crippen molar-refractivity contribution in [2.45, 2.75) is 70.1 Å². The van der Waals surface area contributed by atoms with Gasteiger partial charge in [-0.3, -0.25) is 0 Å². The first kappa shape index (κ1) is 19.9. The number of nitriles is 1. The minimum Gasteiger partial charge on any atom is -0.207 e. The highest BCUT2D eigenvalue weighted by Gasteiger charge is 2.24. The second-order valence-electron chi connectivity index (χ2n) is 8.50. The standard InChI is InChI=1S/C25H32FN/c26-25-17-15-24(16-18-25)23-13-11-22(12-14-23)10-9-21-7-5-20(6-8-21)4-2-1-3-19-27/h1-4,15-18,20-23H,5-14H2/b3-1+,4-2+/t20-,21-,22-,23-. The molecule has 0 N–H and O–H groups in total. The topological polar surface area (TPSA) is 23.8 Å². The van der Waals surface area contributed by atoms with Gasteiger partial charge in [0.2, 0.25) is 0 Å². The zero-order valence-corrected chi connectivity index (χ0v) is 16.3. The number of hydrogen-bond donors (Lipinski definition) is 0. The van der Waals surface area contributed by atoms with Gasteiger partial charge < -0.3 is 0 Å². The molecule has 0 amide bonds. The molecule has 27 heavy (non-hydrogen) atoms. The highest BCUT2D eigenvalue weighted by atomic mass is 19.1. The Kier molecular flexibility index (Phi) is 7.69. The van der Waals surface area contributed by atoms with Gasteiger partial charge in [0.1, 0.15) is 5.82 Å². The summed E-state index contributed by atoms with van der Waals surface area (Å²) >= 11 is 0. The summed E-state index contributed by atoms with van der Waals surface area (Å²) in [4.78, 5) is 0. The lowest BCUT2D eigenvalue weighted by molar-refractivity contribution is 0.246. The molecule has 0 aromatic heterocycles. The molecular weight excluding hydrogens is 333 g/mol. The number of halogens is 1. The predicted octanol–water partition coefficient (Wildman–Crippen LogP) is 7.32. The van der Waals surface area contributed by atoms with Gasteiger partial charge in [0.15, 0.2) is 0 Å². The van der Waals surface area contributed by atoms with E-state index in [4.69, 9.17) is 5.26 Å². The van der Waals surface area contributed by atoms with E-state index >= 15 is 0 Å². The van der Waals surface area contributed by atoms with Crippen molar-refractivity contribution >= 4 is 0 Å². The molecule has 0 aliphatic heterocycles. The van der Waals surface area contributed by atoms with Crippen LogP contribution < -0.4 is 0 Å². The molecule has 3 rings (SSSR count). The number of allylic oxidation sites excluding steroid dienone is 4. The Labute approximate surface area is 164 Å². The minimum atomic E-state index is -0.128. The van der Waals surface area contributed by atoms with Crippen LogP contribution in [0.2, 0.25) is 0 Å². The summed E-state index contributed by atoms with van der Waals surface area (Å²) in [6.45, 7) is 0. The zero-order valence-electron chi connectivity index (χ0n) is 16.3. The van der Waals surface area contributed by atoms with Gasteiger partial charge in [-0.1, -0.05) is 43.2 Å². The van der Waals surface area contributed by atoms with Crippen LogP contribution in [-0.4, -0.2) is 0 Å². The molecule has 1 aromatic rings. The Morgan fingerprint density at radius 2 is 1.44 bits per heavy atom. The van der Waals surface area contributed by atoms with Crippen molar-refractivity contribution in [3.05, 3.63) is 60.0 Å². The van der Waals surface area contributed by atoms with E-state index in [9.17, 15) is 4.39 Å². The molecule has 0 unspecified atom stereocenters. The largest absolute Gasteiger partial charge is 0.207 e. The quantitative estimate of drug-likeness (QED) is 0.382. The minimum absolute atomic E-state index is 0.128. The van der Waals surface area contributed by atoms with Crippen LogP contribution >= 0.6 is 0 Å². The summed E-state index contributed by atoms with van der Waals surface area (Å²) < 4.78 is 13.1. The van der Waals surface area contributed by atoms with Crippen molar-refractivity contribution in [2.24, 2.45) is 17.8 Å². The molecule has 144 valence electrons. The van der Waals surface area contributed by atoms with Crippen molar-refractivity contribution in [1.82, 2.24) is 0 Å². The van der Waals surface area contributed by atoms with Crippen LogP contribution in [-0.2, 0) is 0 Å². The Morgan fingerprint density at radius 3 is 2.04 bits per heavy atom. The fourth-order valence-corrected chi connectivity index (χ4v) is 4.98. The van der Waals surface area contributed by atoms with Crippen LogP contribution in [0.5, 0.6) is 0 Å². The Morgan fingerprint density at radius 1 is 0.852 bits per heavy atom. The molecule has 2 heteroatoms. The summed E-state index contributed by atoms with van der Waals surface area (Å²) in [5, 5.41) is 8.50. The molecule has 2 saturated carbocycles. The van der Waals surface area contributed by atoms with Gasteiger partial charge in [-0.05, 0) is 92.7 Å². The number of nitrogens with zero attached hydrogens (tertiary/aromatic N) is 1. The van der Waals surface area contributed by atoms with Gasteiger partial charge in [-0.2, -0.15) is 5.26 Å². The van der Waals surface area contributed by atoms with Gasteiger partial charge in [0, 0.05) is 6.08 Å². The smallest absolute Gasteiger partial charge is 0.123 e. The Hall–Kier alpha value is -1.88. The van der Waals surface area contributed by atoms with Crippen LogP contribution in [0.15, 0.2) is 48.6 Å². The highest BCUT2D eigenvalue weighted by molar-refractivity contribution is 5.20. The monoisotopic (exact) mass is 365 g/mol. The van der Waals surface area contributed by atoms with E-state index in [-0.39, 0.29) is 5.82 Å². The summed E-state index contributed by atoms with van der Waals surface area (Å²) in [7, 11) is 0. The molecule has 0 heterocycles. The molecule has 2 aliphatic carbocycles. The highest BCUT2D eigenvalue weighted by Crippen LogP contribution is 2.39. The molecule has 0 atom stereocenters. The van der Waals surface area contributed by atoms with Gasteiger partial charge in [-0.15, -0.1) is 0 Å². The van der Waals surface area contributed by atoms with E-state index in [1.807, 2.05) is 30.4 Å². The van der Waals surface area contributed by atoms with Gasteiger partial charge in [0.25, 0.3) is 0 Å². The van der Waals surface area contributed by atoms with Crippen LogP contribution in [0.1, 0.15) is 75.7 Å². The van der Waals surface area contributed by atoms with Crippen LogP contribution in [0.25, 0.3) is 0 Å². The summed E-state index contributed by atoms with van der Waals surface area (Å²) in [5.74, 6) is 3.03. The normalized spacial score (nSPS) is 29.2. The van der Waals surface area contributed by atoms with Crippen LogP contribution in [0.4, 0.5) is 4.39 Å². The SMILES string of the molecule is N#C/C=C/C=C/[C@H]1CC[C@H](CC[C@H]2CC[C@H](c3ccc(F)cc3)CC2)CC1. The lowest BCUT2D eigenvalue weighted by Crippen LogP contribution is -2.17. The van der Waals surface area contributed by atoms with E-state index in [1.54, 1.807) is 12.1 Å². The number of rotatable bonds is 6. The predicted molar refractivity (Wildman–Crippen MR) is 110 cm³/mol. The molecule has 0 saturated heterocycles. The molecule has 0 bridgehead atoms. The van der Waals surface area contributed by atoms with Gasteiger partial charge in [0.05, 0.1) is 6.07 Å². The van der Waals surface area contributed by atoms with Crippen molar-refractivity contribution in [2.75, 3.05) is 0 Å². The molecule has 0 spiro atoms. The molecular formula is C25H32FN. The van der Waals surface area contributed by atoms with Gasteiger partial charge in [-0.25, -0.2) is 4.39 Å². The second-order valence-corrected chi connectivity index (χ2v) is 8.50. The fraction of sp³-hybridized carbons (Fsp3) is 0.560. The third-order valence-corrected chi connectivity index (χ3v) is 6.73. The number of benzene rings is 1. The lowest BCUT2D eigenvalue weighted by Gasteiger charge is -2.31. The zero-order chi connectivity index (χ0) is 18.9. The molecule has 1 nitrogen and oxygen atoms in total. The molecule has 0 radical (unpaired) electrons. The first-order chi connectivity index (χ1) is 13.2. The second kappa shape index (κ2) is 10.5. The maximum absolute atomic E-state index is 13.1. The Bertz CT molecular complexity index is 651. The summed E-state index contributed by atoms with van der Waals surface area (Å²) in [6.07, 6.45) is 21.0. The number of hydrogen-bond acceptors (Lipinski definition) is 1. The van der Waals surface area contributed by atoms with Crippen molar-refractivity contribution in [3.8, 4) is 6.07 Å². The third-order valence-electron chi connectivity index (χ3n) is 6.73. The third kappa shape index (κ3) is 6.35. The first-order valence-corrected chi connectivity index (χ1v) is 10.7. The van der Waals surface area contributed by atoms with Crippen LogP contribution in [0, 0.1) is 34.9 Å². The van der Waals surface area contributed by atoms with Crippen molar-refractivity contribution in [1.29, 1.82) is 5.26 Å². The van der Waals surface area contributed by atoms with E-state index in [2.05, 4.69) is 6.08 Å². The van der Waals surface area contributed by atoms with Crippen LogP contribution in [0.3, 0.4) is 0 Å². The maximum Gasteiger partial charge on any atom is 0.123 e. The van der Waals surface area contributed by atoms with E-state index in [1.165, 1.54) is 75.8 Å². The first-order valence-electron chi connectivity index (χ1n) is 10.7. The molecule has 2 fully saturated rings. The van der Waals surface area contributed by atoms with Crippen molar-refractivity contribution < 1.29 is 4.39 Å². The summed E-state index contributed by atoms with van der Waals surface area (Å²) in [5.41, 5.74) is 1.32. The Balaban J connectivity index is 1.33.